The first-order valence-electron chi connectivity index (χ1n) is 11.1. The molecule has 1 N–H and O–H groups in total. The van der Waals surface area contributed by atoms with E-state index in [1.165, 1.54) is 39.1 Å². The van der Waals surface area contributed by atoms with Crippen LogP contribution in [0.3, 0.4) is 0 Å². The number of hydrogen-bond donors (Lipinski definition) is 1. The number of alkyl halides is 3. The quantitative estimate of drug-likeness (QED) is 0.292. The Morgan fingerprint density at radius 3 is 2.22 bits per heavy atom. The average Bonchev–Trinajstić information content (AvgIpc) is 2.83. The molecule has 2 unspecified atom stereocenters. The summed E-state index contributed by atoms with van der Waals surface area (Å²) in [6.07, 6.45) is -4.11. The maximum absolute atomic E-state index is 14.2. The van der Waals surface area contributed by atoms with Crippen LogP contribution in [0.4, 0.5) is 13.2 Å². The predicted molar refractivity (Wildman–Crippen MR) is 130 cm³/mol. The number of hydrogen-bond acceptors (Lipinski definition) is 6. The van der Waals surface area contributed by atoms with Crippen LogP contribution in [0.25, 0.3) is 0 Å². The summed E-state index contributed by atoms with van der Waals surface area (Å²) >= 11 is 6.34. The molecule has 7 nitrogen and oxygen atoms in total. The van der Waals surface area contributed by atoms with Crippen LogP contribution in [0.15, 0.2) is 65.6 Å². The minimum absolute atomic E-state index is 0.0390. The maximum Gasteiger partial charge on any atom is 0.422 e. The number of ether oxygens (including phenoxy) is 3. The number of carbonyl (C=O) groups is 1. The standard InChI is InChI=1S/C26H25ClF3NO6/c1-16(25(34,26(28,29)30)18-4-11-24(33)31(3)15-18)22-10-9-21(14-23(22)27)37-20-7-5-19(6-8-20)36-13-12-35-17(2)32/h4-11,14-16,34H,12-13H2,1-3H3. The minimum atomic E-state index is -5.07. The Bertz CT molecular complexity index is 1310. The lowest BCUT2D eigenvalue weighted by Gasteiger charge is -2.37. The van der Waals surface area contributed by atoms with Crippen molar-refractivity contribution in [3.8, 4) is 17.2 Å². The van der Waals surface area contributed by atoms with Gasteiger partial charge in [-0.15, -0.1) is 0 Å². The molecule has 0 aliphatic rings. The summed E-state index contributed by atoms with van der Waals surface area (Å²) in [7, 11) is 1.30. The van der Waals surface area contributed by atoms with Crippen LogP contribution in [0.1, 0.15) is 30.9 Å². The molecule has 0 aliphatic carbocycles. The number of esters is 1. The van der Waals surface area contributed by atoms with Crippen molar-refractivity contribution in [3.63, 3.8) is 0 Å². The Hall–Kier alpha value is -3.50. The fourth-order valence-electron chi connectivity index (χ4n) is 3.71. The summed E-state index contributed by atoms with van der Waals surface area (Å²) in [5, 5.41) is 10.9. The van der Waals surface area contributed by atoms with Crippen LogP contribution in [0.5, 0.6) is 17.2 Å². The zero-order chi connectivity index (χ0) is 27.4. The topological polar surface area (TPSA) is 87.0 Å². The van der Waals surface area contributed by atoms with Crippen molar-refractivity contribution in [1.29, 1.82) is 0 Å². The molecule has 0 saturated carbocycles. The number of rotatable bonds is 9. The highest BCUT2D eigenvalue weighted by Crippen LogP contribution is 2.49. The molecule has 1 heterocycles. The van der Waals surface area contributed by atoms with Crippen LogP contribution in [0, 0.1) is 0 Å². The number of aliphatic hydroxyl groups is 1. The molecule has 0 radical (unpaired) electrons. The third-order valence-corrected chi connectivity index (χ3v) is 6.07. The SMILES string of the molecule is CC(=O)OCCOc1ccc(Oc2ccc(C(C)C(O)(c3ccc(=O)n(C)c3)C(F)(F)F)c(Cl)c2)cc1. The van der Waals surface area contributed by atoms with E-state index < -0.39 is 34.8 Å². The summed E-state index contributed by atoms with van der Waals surface area (Å²) in [6, 6.07) is 12.6. The normalized spacial score (nSPS) is 13.9. The van der Waals surface area contributed by atoms with Crippen molar-refractivity contribution in [2.45, 2.75) is 31.5 Å². The van der Waals surface area contributed by atoms with Gasteiger partial charge in [0.05, 0.1) is 0 Å². The molecule has 198 valence electrons. The van der Waals surface area contributed by atoms with Crippen LogP contribution >= 0.6 is 11.6 Å². The first-order valence-corrected chi connectivity index (χ1v) is 11.5. The largest absolute Gasteiger partial charge is 0.490 e. The van der Waals surface area contributed by atoms with Crippen molar-refractivity contribution in [3.05, 3.63) is 87.3 Å². The Morgan fingerprint density at radius 2 is 1.65 bits per heavy atom. The van der Waals surface area contributed by atoms with Crippen LogP contribution in [-0.4, -0.2) is 35.0 Å². The van der Waals surface area contributed by atoms with E-state index in [1.807, 2.05) is 0 Å². The summed E-state index contributed by atoms with van der Waals surface area (Å²) < 4.78 is 59.5. The first-order chi connectivity index (χ1) is 17.3. The van der Waals surface area contributed by atoms with Gasteiger partial charge in [0.25, 0.3) is 0 Å². The van der Waals surface area contributed by atoms with E-state index in [-0.39, 0.29) is 29.5 Å². The lowest BCUT2D eigenvalue weighted by Crippen LogP contribution is -2.47. The number of carbonyl (C=O) groups excluding carboxylic acids is 1. The molecule has 0 saturated heterocycles. The van der Waals surface area contributed by atoms with E-state index in [2.05, 4.69) is 0 Å². The molecular formula is C26H25ClF3NO6. The van der Waals surface area contributed by atoms with Gasteiger partial charge in [0.2, 0.25) is 5.56 Å². The molecular weight excluding hydrogens is 515 g/mol. The minimum Gasteiger partial charge on any atom is -0.490 e. The molecule has 2 aromatic carbocycles. The highest BCUT2D eigenvalue weighted by Gasteiger charge is 2.59. The molecule has 0 fully saturated rings. The molecule has 0 spiro atoms. The molecule has 1 aromatic heterocycles. The highest BCUT2D eigenvalue weighted by atomic mass is 35.5. The second-order valence-electron chi connectivity index (χ2n) is 8.30. The fraction of sp³-hybridized carbons (Fsp3) is 0.308. The molecule has 0 bridgehead atoms. The van der Waals surface area contributed by atoms with Crippen LogP contribution < -0.4 is 15.0 Å². The van der Waals surface area contributed by atoms with E-state index in [1.54, 1.807) is 24.3 Å². The van der Waals surface area contributed by atoms with Gasteiger partial charge in [0.15, 0.2) is 5.60 Å². The Balaban J connectivity index is 1.79. The fourth-order valence-corrected chi connectivity index (χ4v) is 4.05. The smallest absolute Gasteiger partial charge is 0.422 e. The molecule has 11 heteroatoms. The Kier molecular flexibility index (Phi) is 8.55. The number of nitrogens with zero attached hydrogens (tertiary/aromatic N) is 1. The number of halogens is 4. The number of pyridine rings is 1. The van der Waals surface area contributed by atoms with E-state index >= 15 is 0 Å². The monoisotopic (exact) mass is 539 g/mol. The predicted octanol–water partition coefficient (Wildman–Crippen LogP) is 5.33. The van der Waals surface area contributed by atoms with Gasteiger partial charge in [-0.05, 0) is 48.0 Å². The summed E-state index contributed by atoms with van der Waals surface area (Å²) in [5.41, 5.74) is -4.27. The van der Waals surface area contributed by atoms with E-state index in [0.29, 0.717) is 11.5 Å². The number of aromatic nitrogens is 1. The number of aryl methyl sites for hydroxylation is 1. The van der Waals surface area contributed by atoms with Crippen LogP contribution in [-0.2, 0) is 22.2 Å². The van der Waals surface area contributed by atoms with Gasteiger partial charge < -0.3 is 23.9 Å². The van der Waals surface area contributed by atoms with Gasteiger partial charge in [0.1, 0.15) is 30.5 Å². The second-order valence-corrected chi connectivity index (χ2v) is 8.71. The third-order valence-electron chi connectivity index (χ3n) is 5.74. The lowest BCUT2D eigenvalue weighted by molar-refractivity contribution is -0.274. The molecule has 2 atom stereocenters. The zero-order valence-corrected chi connectivity index (χ0v) is 21.0. The lowest BCUT2D eigenvalue weighted by atomic mass is 9.78. The third kappa shape index (κ3) is 6.44. The molecule has 3 aromatic rings. The van der Waals surface area contributed by atoms with E-state index in [0.717, 1.165) is 22.9 Å². The Labute approximate surface area is 216 Å². The van der Waals surface area contributed by atoms with Gasteiger partial charge in [-0.1, -0.05) is 24.6 Å². The summed E-state index contributed by atoms with van der Waals surface area (Å²) in [5.74, 6) is -0.716. The number of benzene rings is 2. The molecule has 37 heavy (non-hydrogen) atoms. The highest BCUT2D eigenvalue weighted by molar-refractivity contribution is 6.31. The Morgan fingerprint density at radius 1 is 1.03 bits per heavy atom. The molecule has 0 amide bonds. The van der Waals surface area contributed by atoms with E-state index in [4.69, 9.17) is 25.8 Å². The van der Waals surface area contributed by atoms with Crippen molar-refractivity contribution in [2.75, 3.05) is 13.2 Å². The van der Waals surface area contributed by atoms with Gasteiger partial charge in [-0.3, -0.25) is 9.59 Å². The second kappa shape index (κ2) is 11.3. The van der Waals surface area contributed by atoms with Crippen LogP contribution in [0.2, 0.25) is 5.02 Å². The van der Waals surface area contributed by atoms with Gasteiger partial charge in [-0.2, -0.15) is 13.2 Å². The first kappa shape index (κ1) is 28.1. The van der Waals surface area contributed by atoms with Crippen molar-refractivity contribution in [1.82, 2.24) is 4.57 Å². The average molecular weight is 540 g/mol. The van der Waals surface area contributed by atoms with Gasteiger partial charge in [-0.25, -0.2) is 0 Å². The van der Waals surface area contributed by atoms with Crippen molar-refractivity contribution < 1.29 is 37.3 Å². The molecule has 3 rings (SSSR count). The van der Waals surface area contributed by atoms with E-state index in [9.17, 15) is 27.9 Å². The molecule has 0 aliphatic heterocycles. The van der Waals surface area contributed by atoms with Gasteiger partial charge >= 0.3 is 12.1 Å². The maximum atomic E-state index is 14.2. The van der Waals surface area contributed by atoms with Crippen molar-refractivity contribution >= 4 is 17.6 Å². The zero-order valence-electron chi connectivity index (χ0n) is 20.2. The summed E-state index contributed by atoms with van der Waals surface area (Å²) in [6.45, 7) is 2.80. The van der Waals surface area contributed by atoms with Crippen molar-refractivity contribution in [2.24, 2.45) is 7.05 Å². The van der Waals surface area contributed by atoms with Gasteiger partial charge in [0, 0.05) is 42.7 Å². The summed E-state index contributed by atoms with van der Waals surface area (Å²) in [4.78, 5) is 22.4.